The van der Waals surface area contributed by atoms with Crippen molar-refractivity contribution >= 4 is 15.9 Å². The quantitative estimate of drug-likeness (QED) is 0.644. The molecule has 7 nitrogen and oxygen atoms in total. The van der Waals surface area contributed by atoms with Crippen LogP contribution in [-0.2, 0) is 19.7 Å². The lowest BCUT2D eigenvalue weighted by molar-refractivity contribution is -0.123. The van der Waals surface area contributed by atoms with E-state index in [4.69, 9.17) is 5.73 Å². The van der Waals surface area contributed by atoms with Crippen LogP contribution < -0.4 is 10.6 Å². The third-order valence-corrected chi connectivity index (χ3v) is 2.51. The molecule has 0 saturated heterocycles. The Bertz CT molecular complexity index is 490. The number of halogens is 1. The fourth-order valence-corrected chi connectivity index (χ4v) is 1.60. The number of pyridine rings is 1. The lowest BCUT2D eigenvalue weighted by atomic mass is 10.5. The second-order valence-electron chi connectivity index (χ2n) is 2.63. The van der Waals surface area contributed by atoms with Gasteiger partial charge in [0.2, 0.25) is 10.9 Å². The first-order valence-corrected chi connectivity index (χ1v) is 5.44. The first kappa shape index (κ1) is 12.5. The number of nitrogens with one attached hydrogen (secondary N) is 1. The van der Waals surface area contributed by atoms with Crippen LogP contribution >= 0.6 is 0 Å². The summed E-state index contributed by atoms with van der Waals surface area (Å²) in [4.78, 5) is 19.4. The van der Waals surface area contributed by atoms with Crippen molar-refractivity contribution in [2.24, 2.45) is 5.73 Å². The first-order valence-electron chi connectivity index (χ1n) is 3.96. The molecule has 9 heteroatoms. The molecule has 0 aromatic carbocycles. The Labute approximate surface area is 90.4 Å². The van der Waals surface area contributed by atoms with Gasteiger partial charge in [-0.1, -0.05) is 4.89 Å². The number of amides is 1. The van der Waals surface area contributed by atoms with Crippen molar-refractivity contribution in [2.75, 3.05) is 6.61 Å². The second-order valence-corrected chi connectivity index (χ2v) is 4.19. The standard InChI is InChI=1S/C7H8FN3O4S/c8-5-2-1-3-10-7(5)16(13,14)11-15-4-6(9)12/h1-3,11H,4H2,(H2,9,12). The summed E-state index contributed by atoms with van der Waals surface area (Å²) in [7, 11) is -4.25. The molecule has 1 aromatic rings. The van der Waals surface area contributed by atoms with Gasteiger partial charge in [-0.3, -0.25) is 9.63 Å². The highest BCUT2D eigenvalue weighted by molar-refractivity contribution is 7.89. The average molecular weight is 249 g/mol. The predicted molar refractivity (Wildman–Crippen MR) is 49.7 cm³/mol. The Morgan fingerprint density at radius 2 is 2.31 bits per heavy atom. The third kappa shape index (κ3) is 3.22. The minimum absolute atomic E-state index is 0.659. The summed E-state index contributed by atoms with van der Waals surface area (Å²) in [6, 6.07) is 2.16. The van der Waals surface area contributed by atoms with Crippen LogP contribution in [0.1, 0.15) is 0 Å². The molecule has 1 heterocycles. The number of sulfonamides is 1. The summed E-state index contributed by atoms with van der Waals surface area (Å²) in [5.74, 6) is -1.90. The Morgan fingerprint density at radius 1 is 1.62 bits per heavy atom. The Balaban J connectivity index is 2.79. The minimum atomic E-state index is -4.25. The molecule has 3 N–H and O–H groups in total. The van der Waals surface area contributed by atoms with E-state index in [-0.39, 0.29) is 0 Å². The molecule has 0 aliphatic heterocycles. The van der Waals surface area contributed by atoms with Gasteiger partial charge < -0.3 is 5.73 Å². The Kier molecular flexibility index (Phi) is 3.88. The maximum atomic E-state index is 13.0. The number of nitrogens with zero attached hydrogens (tertiary/aromatic N) is 1. The van der Waals surface area contributed by atoms with E-state index in [1.807, 2.05) is 0 Å². The average Bonchev–Trinajstić information content (AvgIpc) is 2.17. The predicted octanol–water partition coefficient (Wildman–Crippen LogP) is -1.08. The van der Waals surface area contributed by atoms with Gasteiger partial charge in [-0.05, 0) is 12.1 Å². The van der Waals surface area contributed by atoms with Crippen molar-refractivity contribution in [3.63, 3.8) is 0 Å². The van der Waals surface area contributed by atoms with Crippen molar-refractivity contribution < 1.29 is 22.4 Å². The van der Waals surface area contributed by atoms with Gasteiger partial charge in [0.05, 0.1) is 0 Å². The van der Waals surface area contributed by atoms with Crippen LogP contribution in [0.4, 0.5) is 4.39 Å². The number of hydrogen-bond donors (Lipinski definition) is 2. The number of carbonyl (C=O) groups is 1. The molecular weight excluding hydrogens is 241 g/mol. The molecule has 0 saturated carbocycles. The fourth-order valence-electron chi connectivity index (χ4n) is 0.787. The Morgan fingerprint density at radius 3 is 2.88 bits per heavy atom. The number of carbonyl (C=O) groups excluding carboxylic acids is 1. The molecule has 88 valence electrons. The monoisotopic (exact) mass is 249 g/mol. The van der Waals surface area contributed by atoms with Gasteiger partial charge in [-0.15, -0.1) is 0 Å². The Hall–Kier alpha value is -1.58. The molecule has 1 aromatic heterocycles. The van der Waals surface area contributed by atoms with Crippen molar-refractivity contribution in [3.05, 3.63) is 24.1 Å². The molecule has 1 rings (SSSR count). The summed E-state index contributed by atoms with van der Waals surface area (Å²) in [5, 5.41) is -0.820. The van der Waals surface area contributed by atoms with E-state index in [2.05, 4.69) is 9.82 Å². The molecule has 0 spiro atoms. The van der Waals surface area contributed by atoms with E-state index < -0.39 is 33.4 Å². The molecule has 0 bridgehead atoms. The number of rotatable bonds is 5. The highest BCUT2D eigenvalue weighted by atomic mass is 32.2. The molecule has 0 unspecified atom stereocenters. The van der Waals surface area contributed by atoms with E-state index in [9.17, 15) is 17.6 Å². The zero-order valence-electron chi connectivity index (χ0n) is 7.88. The van der Waals surface area contributed by atoms with E-state index in [0.717, 1.165) is 12.3 Å². The van der Waals surface area contributed by atoms with Crippen molar-refractivity contribution in [3.8, 4) is 0 Å². The molecule has 0 fully saturated rings. The second kappa shape index (κ2) is 4.96. The topological polar surface area (TPSA) is 111 Å². The van der Waals surface area contributed by atoms with Crippen molar-refractivity contribution in [1.29, 1.82) is 0 Å². The highest BCUT2D eigenvalue weighted by Gasteiger charge is 2.20. The lowest BCUT2D eigenvalue weighted by Crippen LogP contribution is -2.30. The molecule has 0 aliphatic carbocycles. The number of hydrogen-bond acceptors (Lipinski definition) is 5. The minimum Gasteiger partial charge on any atom is -0.368 e. The van der Waals surface area contributed by atoms with Crippen LogP contribution in [-0.4, -0.2) is 25.9 Å². The summed E-state index contributed by atoms with van der Waals surface area (Å²) in [5.41, 5.74) is 4.70. The van der Waals surface area contributed by atoms with Crippen molar-refractivity contribution in [2.45, 2.75) is 5.03 Å². The van der Waals surface area contributed by atoms with Gasteiger partial charge in [0, 0.05) is 6.20 Å². The van der Waals surface area contributed by atoms with Crippen LogP contribution in [0.15, 0.2) is 23.4 Å². The first-order chi connectivity index (χ1) is 7.43. The number of primary amides is 1. The summed E-state index contributed by atoms with van der Waals surface area (Å²) in [6.07, 6.45) is 1.10. The zero-order valence-corrected chi connectivity index (χ0v) is 8.70. The third-order valence-electron chi connectivity index (χ3n) is 1.36. The van der Waals surface area contributed by atoms with Crippen LogP contribution in [0.2, 0.25) is 0 Å². The van der Waals surface area contributed by atoms with Gasteiger partial charge in [0.25, 0.3) is 10.0 Å². The molecule has 0 atom stereocenters. The van der Waals surface area contributed by atoms with Crippen LogP contribution in [0, 0.1) is 5.82 Å². The van der Waals surface area contributed by atoms with E-state index >= 15 is 0 Å². The van der Waals surface area contributed by atoms with Gasteiger partial charge in [0.1, 0.15) is 6.61 Å². The fraction of sp³-hybridized carbons (Fsp3) is 0.143. The molecular formula is C7H8FN3O4S. The van der Waals surface area contributed by atoms with E-state index in [0.29, 0.717) is 0 Å². The van der Waals surface area contributed by atoms with Gasteiger partial charge >= 0.3 is 0 Å². The smallest absolute Gasteiger partial charge is 0.282 e. The summed E-state index contributed by atoms with van der Waals surface area (Å²) < 4.78 is 35.7. The number of nitrogens with two attached hydrogens (primary N) is 1. The van der Waals surface area contributed by atoms with Gasteiger partial charge in [-0.2, -0.15) is 0 Å². The molecule has 16 heavy (non-hydrogen) atoms. The van der Waals surface area contributed by atoms with Gasteiger partial charge in [0.15, 0.2) is 5.82 Å². The number of aromatic nitrogens is 1. The highest BCUT2D eigenvalue weighted by Crippen LogP contribution is 2.09. The maximum Gasteiger partial charge on any atom is 0.282 e. The van der Waals surface area contributed by atoms with E-state index in [1.165, 1.54) is 11.0 Å². The molecule has 0 radical (unpaired) electrons. The van der Waals surface area contributed by atoms with E-state index in [1.54, 1.807) is 0 Å². The van der Waals surface area contributed by atoms with Crippen molar-refractivity contribution in [1.82, 2.24) is 9.87 Å². The van der Waals surface area contributed by atoms with Crippen LogP contribution in [0.5, 0.6) is 0 Å². The largest absolute Gasteiger partial charge is 0.368 e. The molecule has 0 aliphatic rings. The van der Waals surface area contributed by atoms with Crippen LogP contribution in [0.3, 0.4) is 0 Å². The van der Waals surface area contributed by atoms with Crippen LogP contribution in [0.25, 0.3) is 0 Å². The SMILES string of the molecule is NC(=O)CONS(=O)(=O)c1ncccc1F. The lowest BCUT2D eigenvalue weighted by Gasteiger charge is -2.05. The maximum absolute atomic E-state index is 13.0. The molecule has 1 amide bonds. The van der Waals surface area contributed by atoms with Gasteiger partial charge in [-0.25, -0.2) is 17.8 Å². The normalized spacial score (nSPS) is 11.3. The summed E-state index contributed by atoms with van der Waals surface area (Å²) in [6.45, 7) is -0.659. The summed E-state index contributed by atoms with van der Waals surface area (Å²) >= 11 is 0. The zero-order chi connectivity index (χ0) is 12.2.